The number of benzene rings is 2. The molecule has 1 aromatic heterocycles. The lowest BCUT2D eigenvalue weighted by Crippen LogP contribution is -2.12. The van der Waals surface area contributed by atoms with Gasteiger partial charge >= 0.3 is 0 Å². The lowest BCUT2D eigenvalue weighted by atomic mass is 10.1. The van der Waals surface area contributed by atoms with E-state index in [1.54, 1.807) is 18.3 Å². The number of nitrogens with two attached hydrogens (primary N) is 1. The van der Waals surface area contributed by atoms with Gasteiger partial charge in [0.15, 0.2) is 0 Å². The summed E-state index contributed by atoms with van der Waals surface area (Å²) in [5.41, 5.74) is 3.41. The molecular weight excluding hydrogens is 374 g/mol. The monoisotopic (exact) mass is 397 g/mol. The molecule has 2 aromatic carbocycles. The van der Waals surface area contributed by atoms with Gasteiger partial charge in [-0.2, -0.15) is 4.98 Å². The van der Waals surface area contributed by atoms with E-state index >= 15 is 0 Å². The highest BCUT2D eigenvalue weighted by atomic mass is 32.2. The topological polar surface area (TPSA) is 110 Å². The van der Waals surface area contributed by atoms with Gasteiger partial charge in [-0.05, 0) is 42.7 Å². The van der Waals surface area contributed by atoms with E-state index in [-0.39, 0.29) is 4.90 Å². The second kappa shape index (κ2) is 8.81. The quantitative estimate of drug-likeness (QED) is 0.539. The highest BCUT2D eigenvalue weighted by Crippen LogP contribution is 2.11. The Morgan fingerprint density at radius 2 is 1.79 bits per heavy atom. The van der Waals surface area contributed by atoms with Crippen molar-refractivity contribution in [2.24, 2.45) is 5.14 Å². The van der Waals surface area contributed by atoms with Gasteiger partial charge in [0.25, 0.3) is 0 Å². The third-order valence-electron chi connectivity index (χ3n) is 4.16. The highest BCUT2D eigenvalue weighted by Gasteiger charge is 2.06. The van der Waals surface area contributed by atoms with Crippen LogP contribution < -0.4 is 15.8 Å². The normalized spacial score (nSPS) is 11.2. The summed E-state index contributed by atoms with van der Waals surface area (Å²) in [6.45, 7) is 3.38. The van der Waals surface area contributed by atoms with Gasteiger partial charge in [-0.15, -0.1) is 0 Å². The molecule has 7 nitrogen and oxygen atoms in total. The van der Waals surface area contributed by atoms with Crippen LogP contribution in [0, 0.1) is 6.92 Å². The molecule has 0 saturated heterocycles. The zero-order chi connectivity index (χ0) is 20.0. The van der Waals surface area contributed by atoms with Crippen molar-refractivity contribution in [1.82, 2.24) is 9.97 Å². The van der Waals surface area contributed by atoms with Gasteiger partial charge in [0, 0.05) is 19.3 Å². The van der Waals surface area contributed by atoms with Crippen LogP contribution in [0.4, 0.5) is 11.8 Å². The Labute approximate surface area is 165 Å². The molecule has 0 saturated carbocycles. The van der Waals surface area contributed by atoms with Crippen LogP contribution in [0.1, 0.15) is 16.7 Å². The minimum atomic E-state index is -3.66. The molecule has 0 amide bonds. The number of hydrogen-bond donors (Lipinski definition) is 3. The van der Waals surface area contributed by atoms with E-state index in [9.17, 15) is 8.42 Å². The number of sulfonamides is 1. The Kier molecular flexibility index (Phi) is 6.23. The smallest absolute Gasteiger partial charge is 0.238 e. The van der Waals surface area contributed by atoms with E-state index in [1.807, 2.05) is 12.1 Å². The summed E-state index contributed by atoms with van der Waals surface area (Å²) >= 11 is 0. The summed E-state index contributed by atoms with van der Waals surface area (Å²) in [6.07, 6.45) is 2.41. The molecule has 1 heterocycles. The zero-order valence-electron chi connectivity index (χ0n) is 15.6. The number of rotatable bonds is 8. The summed E-state index contributed by atoms with van der Waals surface area (Å²) in [5, 5.41) is 11.6. The van der Waals surface area contributed by atoms with Crippen LogP contribution in [0.5, 0.6) is 0 Å². The van der Waals surface area contributed by atoms with Crippen molar-refractivity contribution in [2.45, 2.75) is 24.8 Å². The minimum Gasteiger partial charge on any atom is -0.366 e. The largest absolute Gasteiger partial charge is 0.366 e. The van der Waals surface area contributed by atoms with Crippen LogP contribution in [0.15, 0.2) is 65.7 Å². The Balaban J connectivity index is 1.52. The van der Waals surface area contributed by atoms with Crippen LogP contribution in [-0.4, -0.2) is 24.9 Å². The maximum atomic E-state index is 11.3. The Morgan fingerprint density at radius 3 is 2.50 bits per heavy atom. The summed E-state index contributed by atoms with van der Waals surface area (Å²) in [7, 11) is -3.66. The maximum absolute atomic E-state index is 11.3. The third-order valence-corrected chi connectivity index (χ3v) is 5.09. The van der Waals surface area contributed by atoms with E-state index in [0.717, 1.165) is 11.4 Å². The number of primary sulfonamides is 1. The molecule has 3 aromatic rings. The highest BCUT2D eigenvalue weighted by molar-refractivity contribution is 7.89. The van der Waals surface area contributed by atoms with Crippen LogP contribution in [-0.2, 0) is 23.0 Å². The Morgan fingerprint density at radius 1 is 1.00 bits per heavy atom. The second-order valence-corrected chi connectivity index (χ2v) is 8.04. The van der Waals surface area contributed by atoms with E-state index in [4.69, 9.17) is 5.14 Å². The van der Waals surface area contributed by atoms with Gasteiger partial charge in [-0.25, -0.2) is 18.5 Å². The maximum Gasteiger partial charge on any atom is 0.238 e. The number of aromatic nitrogens is 2. The molecule has 8 heteroatoms. The number of hydrogen-bond acceptors (Lipinski definition) is 6. The van der Waals surface area contributed by atoms with E-state index in [0.29, 0.717) is 25.5 Å². The first-order valence-corrected chi connectivity index (χ1v) is 10.4. The molecule has 0 aliphatic heterocycles. The molecule has 146 valence electrons. The fourth-order valence-electron chi connectivity index (χ4n) is 2.72. The van der Waals surface area contributed by atoms with Crippen molar-refractivity contribution in [3.63, 3.8) is 0 Å². The molecule has 0 unspecified atom stereocenters. The molecule has 0 bridgehead atoms. The van der Waals surface area contributed by atoms with Gasteiger partial charge in [0.05, 0.1) is 4.90 Å². The molecule has 0 spiro atoms. The third kappa shape index (κ3) is 5.77. The first-order valence-electron chi connectivity index (χ1n) is 8.88. The van der Waals surface area contributed by atoms with E-state index in [2.05, 4.69) is 45.7 Å². The predicted molar refractivity (Wildman–Crippen MR) is 111 cm³/mol. The van der Waals surface area contributed by atoms with Crippen molar-refractivity contribution in [2.75, 3.05) is 17.2 Å². The average Bonchev–Trinajstić information content (AvgIpc) is 2.67. The fourth-order valence-corrected chi connectivity index (χ4v) is 3.24. The summed E-state index contributed by atoms with van der Waals surface area (Å²) in [5.74, 6) is 1.28. The molecule has 3 rings (SSSR count). The van der Waals surface area contributed by atoms with E-state index in [1.165, 1.54) is 23.3 Å². The van der Waals surface area contributed by atoms with Crippen LogP contribution >= 0.6 is 0 Å². The fraction of sp³-hybridized carbons (Fsp3) is 0.200. The van der Waals surface area contributed by atoms with Crippen molar-refractivity contribution in [3.8, 4) is 0 Å². The summed E-state index contributed by atoms with van der Waals surface area (Å²) in [6, 6.07) is 16.7. The number of aryl methyl sites for hydroxylation is 1. The number of anilines is 2. The van der Waals surface area contributed by atoms with E-state index < -0.39 is 10.0 Å². The predicted octanol–water partition coefficient (Wildman–Crippen LogP) is 2.70. The molecule has 4 N–H and O–H groups in total. The number of nitrogens with one attached hydrogen (secondary N) is 2. The SMILES string of the molecule is Cc1cccc(CNc2ccnc(NCCc3ccc(S(N)(=O)=O)cc3)n2)c1. The van der Waals surface area contributed by atoms with Crippen molar-refractivity contribution < 1.29 is 8.42 Å². The van der Waals surface area contributed by atoms with Crippen LogP contribution in [0.2, 0.25) is 0 Å². The standard InChI is InChI=1S/C20H23N5O2S/c1-15-3-2-4-17(13-15)14-24-19-10-12-23-20(25-19)22-11-9-16-5-7-18(8-6-16)28(21,26)27/h2-8,10,12-13H,9,11,14H2,1H3,(H2,21,26,27)(H2,22,23,24,25). The lowest BCUT2D eigenvalue weighted by Gasteiger charge is -2.09. The van der Waals surface area contributed by atoms with Crippen molar-refractivity contribution in [1.29, 1.82) is 0 Å². The lowest BCUT2D eigenvalue weighted by molar-refractivity contribution is 0.598. The van der Waals surface area contributed by atoms with Crippen LogP contribution in [0.25, 0.3) is 0 Å². The molecule has 0 aliphatic carbocycles. The Bertz CT molecular complexity index is 1040. The van der Waals surface area contributed by atoms with Gasteiger partial charge in [0.1, 0.15) is 5.82 Å². The van der Waals surface area contributed by atoms with Gasteiger partial charge < -0.3 is 10.6 Å². The molecule has 0 atom stereocenters. The molecule has 0 radical (unpaired) electrons. The van der Waals surface area contributed by atoms with Crippen molar-refractivity contribution in [3.05, 3.63) is 77.5 Å². The first-order chi connectivity index (χ1) is 13.4. The Hall–Kier alpha value is -2.97. The molecule has 28 heavy (non-hydrogen) atoms. The number of nitrogens with zero attached hydrogens (tertiary/aromatic N) is 2. The second-order valence-electron chi connectivity index (χ2n) is 6.47. The first kappa shape index (κ1) is 19.8. The minimum absolute atomic E-state index is 0.111. The average molecular weight is 398 g/mol. The molecule has 0 aliphatic rings. The summed E-state index contributed by atoms with van der Waals surface area (Å²) < 4.78 is 22.6. The molecular formula is C20H23N5O2S. The van der Waals surface area contributed by atoms with Crippen LogP contribution in [0.3, 0.4) is 0 Å². The van der Waals surface area contributed by atoms with Gasteiger partial charge in [-0.3, -0.25) is 0 Å². The van der Waals surface area contributed by atoms with Crippen molar-refractivity contribution >= 4 is 21.8 Å². The van der Waals surface area contributed by atoms with Gasteiger partial charge in [-0.1, -0.05) is 42.0 Å². The zero-order valence-corrected chi connectivity index (χ0v) is 16.4. The van der Waals surface area contributed by atoms with Gasteiger partial charge in [0.2, 0.25) is 16.0 Å². The molecule has 0 fully saturated rings. The summed E-state index contributed by atoms with van der Waals surface area (Å²) in [4.78, 5) is 8.80.